The molecule has 0 unspecified atom stereocenters. The number of carboxylic acids is 1. The van der Waals surface area contributed by atoms with Crippen molar-refractivity contribution in [3.63, 3.8) is 0 Å². The molecule has 2 aromatic heterocycles. The molecular weight excluding hydrogens is 333 g/mol. The molecule has 0 fully saturated rings. The Balaban J connectivity index is 2.47. The topological polar surface area (TPSA) is 108 Å². The number of hydrogen-bond acceptors (Lipinski definition) is 4. The van der Waals surface area contributed by atoms with E-state index in [4.69, 9.17) is 23.2 Å². The maximum absolute atomic E-state index is 11.6. The van der Waals surface area contributed by atoms with E-state index in [-0.39, 0.29) is 26.8 Å². The van der Waals surface area contributed by atoms with Gasteiger partial charge in [-0.1, -0.05) is 29.3 Å². The van der Waals surface area contributed by atoms with Crippen molar-refractivity contribution in [2.75, 3.05) is 0 Å². The maximum atomic E-state index is 11.6. The summed E-state index contributed by atoms with van der Waals surface area (Å²) in [6.07, 6.45) is 0. The lowest BCUT2D eigenvalue weighted by molar-refractivity contribution is 0.0691. The SMILES string of the molecule is O=C(O)c1nn(-c2cccc(Cl)c2Cl)c2[nH]c(=O)cc(O)c12. The van der Waals surface area contributed by atoms with Gasteiger partial charge in [-0.15, -0.1) is 0 Å². The Morgan fingerprint density at radius 2 is 2.05 bits per heavy atom. The highest BCUT2D eigenvalue weighted by molar-refractivity contribution is 6.43. The Kier molecular flexibility index (Phi) is 3.31. The molecule has 7 nitrogen and oxygen atoms in total. The minimum absolute atomic E-state index is 0.00608. The summed E-state index contributed by atoms with van der Waals surface area (Å²) in [6.45, 7) is 0. The van der Waals surface area contributed by atoms with E-state index in [0.717, 1.165) is 10.7 Å². The van der Waals surface area contributed by atoms with E-state index in [9.17, 15) is 19.8 Å². The smallest absolute Gasteiger partial charge is 0.357 e. The largest absolute Gasteiger partial charge is 0.507 e. The third-order valence-corrected chi connectivity index (χ3v) is 3.82. The fourth-order valence-corrected chi connectivity index (χ4v) is 2.48. The van der Waals surface area contributed by atoms with Gasteiger partial charge in [0.15, 0.2) is 5.69 Å². The fourth-order valence-electron chi connectivity index (χ4n) is 2.11. The first-order valence-corrected chi connectivity index (χ1v) is 6.68. The highest BCUT2D eigenvalue weighted by atomic mass is 35.5. The van der Waals surface area contributed by atoms with Crippen LogP contribution >= 0.6 is 23.2 Å². The number of nitrogens with zero attached hydrogens (tertiary/aromatic N) is 2. The van der Waals surface area contributed by atoms with Gasteiger partial charge in [-0.05, 0) is 12.1 Å². The van der Waals surface area contributed by atoms with E-state index in [0.29, 0.717) is 0 Å². The summed E-state index contributed by atoms with van der Waals surface area (Å²) < 4.78 is 1.12. The van der Waals surface area contributed by atoms with Crippen LogP contribution in [0, 0.1) is 0 Å². The Bertz CT molecular complexity index is 977. The molecule has 3 aromatic rings. The molecule has 0 aliphatic carbocycles. The molecule has 0 radical (unpaired) electrons. The molecule has 0 atom stereocenters. The number of halogens is 2. The molecule has 0 aliphatic rings. The Morgan fingerprint density at radius 3 is 2.73 bits per heavy atom. The van der Waals surface area contributed by atoms with Crippen molar-refractivity contribution < 1.29 is 15.0 Å². The van der Waals surface area contributed by atoms with Gasteiger partial charge in [0, 0.05) is 6.07 Å². The number of aromatic carboxylic acids is 1. The molecule has 0 amide bonds. The Hall–Kier alpha value is -2.51. The van der Waals surface area contributed by atoms with E-state index in [2.05, 4.69) is 10.1 Å². The second-order valence-electron chi connectivity index (χ2n) is 4.38. The minimum Gasteiger partial charge on any atom is -0.507 e. The lowest BCUT2D eigenvalue weighted by Crippen LogP contribution is -2.07. The molecule has 3 rings (SSSR count). The first-order valence-electron chi connectivity index (χ1n) is 5.93. The zero-order valence-electron chi connectivity index (χ0n) is 10.7. The number of rotatable bonds is 2. The number of nitrogens with one attached hydrogen (secondary N) is 1. The van der Waals surface area contributed by atoms with E-state index < -0.39 is 23.0 Å². The third kappa shape index (κ3) is 2.11. The molecule has 0 saturated heterocycles. The van der Waals surface area contributed by atoms with Crippen molar-refractivity contribution in [3.05, 3.63) is 50.4 Å². The van der Waals surface area contributed by atoms with Crippen molar-refractivity contribution in [3.8, 4) is 11.4 Å². The number of benzene rings is 1. The Labute approximate surface area is 132 Å². The lowest BCUT2D eigenvalue weighted by atomic mass is 10.2. The standard InChI is InChI=1S/C13H7Cl2N3O4/c14-5-2-1-3-6(10(5)15)18-12-9(11(17-18)13(21)22)7(19)4-8(20)16-12/h1-4H,(H,21,22)(H2,16,19,20). The van der Waals surface area contributed by atoms with Crippen LogP contribution < -0.4 is 5.56 Å². The number of pyridine rings is 1. The molecule has 0 bridgehead atoms. The second-order valence-corrected chi connectivity index (χ2v) is 5.17. The summed E-state index contributed by atoms with van der Waals surface area (Å²) in [5.41, 5.74) is -0.750. The normalized spacial score (nSPS) is 11.0. The van der Waals surface area contributed by atoms with Crippen molar-refractivity contribution in [2.45, 2.75) is 0 Å². The monoisotopic (exact) mass is 339 g/mol. The minimum atomic E-state index is -1.36. The average Bonchev–Trinajstić information content (AvgIpc) is 2.81. The predicted octanol–water partition coefficient (Wildman–Crippen LogP) is 2.42. The molecular formula is C13H7Cl2N3O4. The van der Waals surface area contributed by atoms with E-state index >= 15 is 0 Å². The van der Waals surface area contributed by atoms with Crippen LogP contribution in [0.15, 0.2) is 29.1 Å². The molecule has 22 heavy (non-hydrogen) atoms. The summed E-state index contributed by atoms with van der Waals surface area (Å²) in [7, 11) is 0. The highest BCUT2D eigenvalue weighted by Gasteiger charge is 2.22. The van der Waals surface area contributed by atoms with Crippen molar-refractivity contribution >= 4 is 40.2 Å². The summed E-state index contributed by atoms with van der Waals surface area (Å²) in [6, 6.07) is 5.57. The van der Waals surface area contributed by atoms with Crippen molar-refractivity contribution in [2.24, 2.45) is 0 Å². The zero-order chi connectivity index (χ0) is 16.0. The molecule has 9 heteroatoms. The second kappa shape index (κ2) is 5.04. The lowest BCUT2D eigenvalue weighted by Gasteiger charge is -2.06. The van der Waals surface area contributed by atoms with Crippen LogP contribution in [0.1, 0.15) is 10.5 Å². The molecule has 112 valence electrons. The van der Waals surface area contributed by atoms with Crippen LogP contribution in [0.2, 0.25) is 10.0 Å². The molecule has 1 aromatic carbocycles. The van der Waals surface area contributed by atoms with Gasteiger partial charge in [0.05, 0.1) is 21.1 Å². The van der Waals surface area contributed by atoms with Gasteiger partial charge in [-0.2, -0.15) is 5.10 Å². The van der Waals surface area contributed by atoms with Crippen molar-refractivity contribution in [1.82, 2.24) is 14.8 Å². The Morgan fingerprint density at radius 1 is 1.32 bits per heavy atom. The molecule has 0 spiro atoms. The number of carboxylic acid groups (broad SMARTS) is 1. The molecule has 0 aliphatic heterocycles. The fraction of sp³-hybridized carbons (Fsp3) is 0. The quantitative estimate of drug-likeness (QED) is 0.664. The summed E-state index contributed by atoms with van der Waals surface area (Å²) >= 11 is 12.0. The van der Waals surface area contributed by atoms with Crippen LogP contribution in [-0.2, 0) is 0 Å². The van der Waals surface area contributed by atoms with Gasteiger partial charge in [-0.25, -0.2) is 9.48 Å². The third-order valence-electron chi connectivity index (χ3n) is 3.01. The van der Waals surface area contributed by atoms with Gasteiger partial charge in [0.25, 0.3) is 5.56 Å². The maximum Gasteiger partial charge on any atom is 0.357 e. The van der Waals surface area contributed by atoms with Gasteiger partial charge >= 0.3 is 5.97 Å². The van der Waals surface area contributed by atoms with Crippen LogP contribution in [0.3, 0.4) is 0 Å². The van der Waals surface area contributed by atoms with Gasteiger partial charge in [0.1, 0.15) is 11.4 Å². The van der Waals surface area contributed by atoms with Gasteiger partial charge < -0.3 is 15.2 Å². The van der Waals surface area contributed by atoms with Crippen LogP contribution in [-0.4, -0.2) is 30.9 Å². The first-order chi connectivity index (χ1) is 10.4. The van der Waals surface area contributed by atoms with Gasteiger partial charge in [0.2, 0.25) is 0 Å². The molecule has 2 heterocycles. The van der Waals surface area contributed by atoms with E-state index in [1.807, 2.05) is 0 Å². The molecule has 3 N–H and O–H groups in total. The van der Waals surface area contributed by atoms with Crippen LogP contribution in [0.4, 0.5) is 0 Å². The van der Waals surface area contributed by atoms with Gasteiger partial charge in [-0.3, -0.25) is 4.79 Å². The number of aromatic amines is 1. The van der Waals surface area contributed by atoms with E-state index in [1.165, 1.54) is 0 Å². The zero-order valence-corrected chi connectivity index (χ0v) is 12.2. The summed E-state index contributed by atoms with van der Waals surface area (Å²) in [5, 5.41) is 23.3. The predicted molar refractivity (Wildman–Crippen MR) is 80.3 cm³/mol. The first kappa shape index (κ1) is 14.4. The van der Waals surface area contributed by atoms with E-state index in [1.54, 1.807) is 18.2 Å². The van der Waals surface area contributed by atoms with Crippen LogP contribution in [0.5, 0.6) is 5.75 Å². The highest BCUT2D eigenvalue weighted by Crippen LogP contribution is 2.32. The summed E-state index contributed by atoms with van der Waals surface area (Å²) in [4.78, 5) is 25.3. The number of aromatic hydroxyl groups is 1. The number of aromatic nitrogens is 3. The number of carbonyl (C=O) groups is 1. The average molecular weight is 340 g/mol. The molecule has 0 saturated carbocycles. The van der Waals surface area contributed by atoms with Crippen molar-refractivity contribution in [1.29, 1.82) is 0 Å². The van der Waals surface area contributed by atoms with Crippen LogP contribution in [0.25, 0.3) is 16.7 Å². The number of hydrogen-bond donors (Lipinski definition) is 3. The summed E-state index contributed by atoms with van der Waals surface area (Å²) in [5.74, 6) is -1.84. The number of H-pyrrole nitrogens is 1. The number of fused-ring (bicyclic) bond motifs is 1.